The number of amides is 2. The molecule has 2 saturated heterocycles. The van der Waals surface area contributed by atoms with Crippen LogP contribution < -0.4 is 9.80 Å². The lowest BCUT2D eigenvalue weighted by Crippen LogP contribution is -2.53. The van der Waals surface area contributed by atoms with E-state index in [0.717, 1.165) is 61.6 Å². The highest BCUT2D eigenvalue weighted by molar-refractivity contribution is 5.96. The van der Waals surface area contributed by atoms with E-state index in [1.165, 1.54) is 6.92 Å². The Balaban J connectivity index is 1.21. The second-order valence-electron chi connectivity index (χ2n) is 12.2. The largest absolute Gasteiger partial charge is 0.493 e. The van der Waals surface area contributed by atoms with E-state index in [4.69, 9.17) is 14.2 Å². The second kappa shape index (κ2) is 12.4. The monoisotopic (exact) mass is 568 g/mol. The van der Waals surface area contributed by atoms with Crippen molar-refractivity contribution in [1.29, 1.82) is 0 Å². The van der Waals surface area contributed by atoms with E-state index in [0.29, 0.717) is 26.3 Å². The van der Waals surface area contributed by atoms with Crippen LogP contribution in [-0.4, -0.2) is 103 Å². The van der Waals surface area contributed by atoms with Gasteiger partial charge in [0.05, 0.1) is 24.5 Å². The van der Waals surface area contributed by atoms with E-state index >= 15 is 0 Å². The highest BCUT2D eigenvalue weighted by Gasteiger charge is 2.34. The average Bonchev–Trinajstić information content (AvgIpc) is 2.94. The van der Waals surface area contributed by atoms with Crippen molar-refractivity contribution in [3.8, 4) is 0 Å². The summed E-state index contributed by atoms with van der Waals surface area (Å²) in [4.78, 5) is 33.4. The first-order valence-corrected chi connectivity index (χ1v) is 14.8. The molecule has 10 nitrogen and oxygen atoms in total. The van der Waals surface area contributed by atoms with Gasteiger partial charge in [0.15, 0.2) is 0 Å². The number of likely N-dealkylation sites (tertiary alicyclic amines) is 1. The Bertz CT molecular complexity index is 1170. The lowest BCUT2D eigenvalue weighted by atomic mass is 9.99. The zero-order chi connectivity index (χ0) is 29.1. The SMILES string of the molecule is CC(=O)N1CC(O)N(CCN2CCC(N(CC3=CCC4OCCOC4=C3)C(=O)OC(C)(C)C)CC2)c2ccccc21. The van der Waals surface area contributed by atoms with Gasteiger partial charge in [0, 0.05) is 45.7 Å². The number of carbonyl (C=O) groups excluding carboxylic acids is 2. The number of hydrogen-bond donors (Lipinski definition) is 1. The van der Waals surface area contributed by atoms with Gasteiger partial charge < -0.3 is 38.9 Å². The number of para-hydroxylation sites is 2. The van der Waals surface area contributed by atoms with Gasteiger partial charge in [-0.05, 0) is 63.8 Å². The van der Waals surface area contributed by atoms with E-state index in [1.54, 1.807) is 4.90 Å². The smallest absolute Gasteiger partial charge is 0.410 e. The molecule has 1 N–H and O–H groups in total. The molecule has 0 saturated carbocycles. The van der Waals surface area contributed by atoms with Crippen molar-refractivity contribution < 1.29 is 28.9 Å². The number of anilines is 2. The summed E-state index contributed by atoms with van der Waals surface area (Å²) in [5, 5.41) is 10.9. The van der Waals surface area contributed by atoms with Crippen LogP contribution in [0.1, 0.15) is 47.0 Å². The molecule has 1 aromatic carbocycles. The van der Waals surface area contributed by atoms with Crippen molar-refractivity contribution in [3.05, 3.63) is 47.7 Å². The zero-order valence-electron chi connectivity index (χ0n) is 24.8. The molecule has 5 rings (SSSR count). The van der Waals surface area contributed by atoms with E-state index in [2.05, 4.69) is 11.0 Å². The molecule has 4 aliphatic rings. The Labute approximate surface area is 243 Å². The van der Waals surface area contributed by atoms with Gasteiger partial charge in [-0.2, -0.15) is 0 Å². The predicted octanol–water partition coefficient (Wildman–Crippen LogP) is 3.51. The molecule has 1 aromatic rings. The molecule has 2 amide bonds. The van der Waals surface area contributed by atoms with Crippen LogP contribution >= 0.6 is 0 Å². The molecule has 2 atom stereocenters. The fourth-order valence-corrected chi connectivity index (χ4v) is 6.04. The van der Waals surface area contributed by atoms with Gasteiger partial charge in [0.1, 0.15) is 30.3 Å². The molecular formula is C31H44N4O6. The van der Waals surface area contributed by atoms with Crippen molar-refractivity contribution in [2.24, 2.45) is 0 Å². The van der Waals surface area contributed by atoms with Gasteiger partial charge in [0.2, 0.25) is 5.91 Å². The summed E-state index contributed by atoms with van der Waals surface area (Å²) in [6.07, 6.45) is 5.51. The summed E-state index contributed by atoms with van der Waals surface area (Å²) in [6.45, 7) is 12.2. The fraction of sp³-hybridized carbons (Fsp3) is 0.613. The lowest BCUT2D eigenvalue weighted by molar-refractivity contribution is -0.117. The molecule has 0 spiro atoms. The summed E-state index contributed by atoms with van der Waals surface area (Å²) in [6, 6.07) is 7.80. The van der Waals surface area contributed by atoms with Crippen molar-refractivity contribution in [2.45, 2.75) is 70.9 Å². The standard InChI is InChI=1S/C31H44N4O6/c1-22(36)34-21-29(37)33(25-7-5-6-8-26(25)34)16-15-32-13-11-24(12-14-32)35(30(38)41-31(2,3)4)20-23-9-10-27-28(19-23)40-18-17-39-27/h5-9,19,24,27,29,37H,10-18,20-21H2,1-4H3. The van der Waals surface area contributed by atoms with E-state index < -0.39 is 11.8 Å². The van der Waals surface area contributed by atoms with Crippen LogP contribution in [0.2, 0.25) is 0 Å². The quantitative estimate of drug-likeness (QED) is 0.557. The van der Waals surface area contributed by atoms with Gasteiger partial charge in [-0.25, -0.2) is 4.79 Å². The second-order valence-corrected chi connectivity index (χ2v) is 12.2. The van der Waals surface area contributed by atoms with Crippen LogP contribution in [0.4, 0.5) is 16.2 Å². The molecule has 41 heavy (non-hydrogen) atoms. The minimum Gasteiger partial charge on any atom is -0.493 e. The number of β-amino-alcohol motifs (C(OH)–C–C–N with tert-alkyl or cyclic N) is 1. The lowest BCUT2D eigenvalue weighted by Gasteiger charge is -2.43. The molecule has 2 unspecified atom stereocenters. The van der Waals surface area contributed by atoms with Crippen molar-refractivity contribution in [1.82, 2.24) is 9.80 Å². The number of aliphatic hydroxyl groups excluding tert-OH is 1. The number of aliphatic hydroxyl groups is 1. The third-order valence-electron chi connectivity index (χ3n) is 8.11. The van der Waals surface area contributed by atoms with Gasteiger partial charge in [0.25, 0.3) is 0 Å². The highest BCUT2D eigenvalue weighted by atomic mass is 16.6. The maximum Gasteiger partial charge on any atom is 0.410 e. The molecule has 3 aliphatic heterocycles. The van der Waals surface area contributed by atoms with Gasteiger partial charge in [-0.3, -0.25) is 4.79 Å². The summed E-state index contributed by atoms with van der Waals surface area (Å²) in [5.74, 6) is 0.771. The molecule has 1 aliphatic carbocycles. The Morgan fingerprint density at radius 3 is 2.54 bits per heavy atom. The van der Waals surface area contributed by atoms with Gasteiger partial charge in [-0.1, -0.05) is 18.2 Å². The Morgan fingerprint density at radius 1 is 1.10 bits per heavy atom. The number of hydrogen-bond acceptors (Lipinski definition) is 8. The third kappa shape index (κ3) is 7.05. The minimum absolute atomic E-state index is 0.0263. The first-order valence-electron chi connectivity index (χ1n) is 14.8. The zero-order valence-corrected chi connectivity index (χ0v) is 24.8. The van der Waals surface area contributed by atoms with Crippen LogP contribution in [0.25, 0.3) is 0 Å². The molecule has 224 valence electrons. The number of piperidine rings is 1. The normalized spacial score (nSPS) is 23.5. The topological polar surface area (TPSA) is 95.0 Å². The van der Waals surface area contributed by atoms with Crippen LogP contribution in [0.15, 0.2) is 47.7 Å². The van der Waals surface area contributed by atoms with Crippen LogP contribution in [0.3, 0.4) is 0 Å². The van der Waals surface area contributed by atoms with E-state index in [9.17, 15) is 14.7 Å². The fourth-order valence-electron chi connectivity index (χ4n) is 6.04. The number of carbonyl (C=O) groups is 2. The first-order chi connectivity index (χ1) is 19.6. The molecule has 2 fully saturated rings. The highest BCUT2D eigenvalue weighted by Crippen LogP contribution is 2.35. The maximum absolute atomic E-state index is 13.4. The maximum atomic E-state index is 13.4. The van der Waals surface area contributed by atoms with Gasteiger partial charge in [-0.15, -0.1) is 0 Å². The molecule has 10 heteroatoms. The van der Waals surface area contributed by atoms with E-state index in [1.807, 2.05) is 60.9 Å². The number of ether oxygens (including phenoxy) is 3. The molecular weight excluding hydrogens is 524 g/mol. The molecule has 0 radical (unpaired) electrons. The first kappa shape index (κ1) is 29.4. The third-order valence-corrected chi connectivity index (χ3v) is 8.11. The minimum atomic E-state index is -0.759. The number of nitrogens with zero attached hydrogens (tertiary/aromatic N) is 4. The van der Waals surface area contributed by atoms with E-state index in [-0.39, 0.29) is 30.7 Å². The average molecular weight is 569 g/mol. The summed E-state index contributed by atoms with van der Waals surface area (Å²) < 4.78 is 17.5. The van der Waals surface area contributed by atoms with Crippen molar-refractivity contribution in [2.75, 3.05) is 62.3 Å². The summed E-state index contributed by atoms with van der Waals surface area (Å²) >= 11 is 0. The molecule has 0 aromatic heterocycles. The predicted molar refractivity (Wildman–Crippen MR) is 157 cm³/mol. The summed E-state index contributed by atoms with van der Waals surface area (Å²) in [7, 11) is 0. The van der Waals surface area contributed by atoms with Crippen LogP contribution in [0.5, 0.6) is 0 Å². The summed E-state index contributed by atoms with van der Waals surface area (Å²) in [5.41, 5.74) is 2.18. The van der Waals surface area contributed by atoms with Gasteiger partial charge >= 0.3 is 6.09 Å². The Hall–Kier alpha value is -3.08. The number of benzene rings is 1. The number of rotatable bonds is 6. The molecule has 3 heterocycles. The number of fused-ring (bicyclic) bond motifs is 2. The van der Waals surface area contributed by atoms with Crippen LogP contribution in [-0.2, 0) is 19.0 Å². The van der Waals surface area contributed by atoms with Crippen molar-refractivity contribution >= 4 is 23.4 Å². The Kier molecular flexibility index (Phi) is 8.91. The Morgan fingerprint density at radius 2 is 1.83 bits per heavy atom. The van der Waals surface area contributed by atoms with Crippen molar-refractivity contribution in [3.63, 3.8) is 0 Å². The molecule has 0 bridgehead atoms. The van der Waals surface area contributed by atoms with Crippen LogP contribution in [0, 0.1) is 0 Å².